The molecule has 1 N–H and O–H groups in total. The second-order valence-corrected chi connectivity index (χ2v) is 3.45. The molecule has 4 heteroatoms. The lowest BCUT2D eigenvalue weighted by Crippen LogP contribution is -2.12. The predicted octanol–water partition coefficient (Wildman–Crippen LogP) is 2.25. The maximum absolute atomic E-state index is 8.75. The summed E-state index contributed by atoms with van der Waals surface area (Å²) in [6.45, 7) is 0. The van der Waals surface area contributed by atoms with E-state index >= 15 is 0 Å². The molecule has 0 atom stereocenters. The maximum Gasteiger partial charge on any atom is 0.129 e. The second kappa shape index (κ2) is 3.34. The molecule has 0 saturated heterocycles. The van der Waals surface area contributed by atoms with Crippen molar-refractivity contribution >= 4 is 17.3 Å². The Morgan fingerprint density at radius 1 is 1.46 bits per heavy atom. The second-order valence-electron chi connectivity index (χ2n) is 3.06. The lowest BCUT2D eigenvalue weighted by Gasteiger charge is -2.15. The van der Waals surface area contributed by atoms with Crippen LogP contribution in [-0.2, 0) is 6.42 Å². The number of pyridine rings is 1. The molecule has 2 rings (SSSR count). The van der Waals surface area contributed by atoms with Gasteiger partial charge in [0, 0.05) is 11.8 Å². The standard InChI is InChI=1S/C9H9ClN2O/c10-9-4-7-6(5-11-9)2-1-3-8(7)12-13/h4-5,13H,1-3H2/b12-8+. The summed E-state index contributed by atoms with van der Waals surface area (Å²) in [6.07, 6.45) is 4.56. The summed E-state index contributed by atoms with van der Waals surface area (Å²) in [7, 11) is 0. The normalized spacial score (nSPS) is 18.7. The Hall–Kier alpha value is -1.09. The van der Waals surface area contributed by atoms with Crippen molar-refractivity contribution in [1.29, 1.82) is 0 Å². The van der Waals surface area contributed by atoms with Crippen LogP contribution in [0, 0.1) is 0 Å². The molecule has 1 aliphatic carbocycles. The SMILES string of the molecule is O/N=C1\CCCc2cnc(Cl)cc21. The first kappa shape index (κ1) is 8.51. The summed E-state index contributed by atoms with van der Waals surface area (Å²) in [5, 5.41) is 12.5. The van der Waals surface area contributed by atoms with Gasteiger partial charge in [-0.3, -0.25) is 0 Å². The summed E-state index contributed by atoms with van der Waals surface area (Å²) >= 11 is 5.75. The molecule has 0 aliphatic heterocycles. The van der Waals surface area contributed by atoms with Gasteiger partial charge in [0.2, 0.25) is 0 Å². The fourth-order valence-electron chi connectivity index (χ4n) is 1.61. The molecule has 1 aliphatic rings. The monoisotopic (exact) mass is 196 g/mol. The zero-order chi connectivity index (χ0) is 9.26. The van der Waals surface area contributed by atoms with Crippen LogP contribution in [0.5, 0.6) is 0 Å². The van der Waals surface area contributed by atoms with Crippen LogP contribution in [0.2, 0.25) is 5.15 Å². The summed E-state index contributed by atoms with van der Waals surface area (Å²) in [4.78, 5) is 3.99. The fraction of sp³-hybridized carbons (Fsp3) is 0.333. The minimum absolute atomic E-state index is 0.446. The lowest BCUT2D eigenvalue weighted by molar-refractivity contribution is 0.317. The van der Waals surface area contributed by atoms with Gasteiger partial charge in [-0.05, 0) is 30.9 Å². The van der Waals surface area contributed by atoms with Gasteiger partial charge in [-0.2, -0.15) is 0 Å². The molecule has 0 spiro atoms. The number of fused-ring (bicyclic) bond motifs is 1. The molecule has 1 aromatic heterocycles. The summed E-state index contributed by atoms with van der Waals surface area (Å²) in [5.74, 6) is 0. The Morgan fingerprint density at radius 2 is 2.31 bits per heavy atom. The molecule has 1 heterocycles. The van der Waals surface area contributed by atoms with E-state index in [1.54, 1.807) is 12.3 Å². The number of oxime groups is 1. The van der Waals surface area contributed by atoms with E-state index in [4.69, 9.17) is 16.8 Å². The van der Waals surface area contributed by atoms with Crippen molar-refractivity contribution in [2.24, 2.45) is 5.16 Å². The van der Waals surface area contributed by atoms with Crippen LogP contribution in [0.25, 0.3) is 0 Å². The van der Waals surface area contributed by atoms with Gasteiger partial charge in [0.1, 0.15) is 5.15 Å². The van der Waals surface area contributed by atoms with Crippen LogP contribution in [0.1, 0.15) is 24.0 Å². The molecule has 0 bridgehead atoms. The van der Waals surface area contributed by atoms with Crippen molar-refractivity contribution in [2.75, 3.05) is 0 Å². The molecular formula is C9H9ClN2O. The highest BCUT2D eigenvalue weighted by Crippen LogP contribution is 2.22. The van der Waals surface area contributed by atoms with Crippen molar-refractivity contribution in [3.8, 4) is 0 Å². The van der Waals surface area contributed by atoms with Gasteiger partial charge in [0.15, 0.2) is 0 Å². The number of nitrogens with zero attached hydrogens (tertiary/aromatic N) is 2. The lowest BCUT2D eigenvalue weighted by atomic mass is 9.92. The molecule has 0 amide bonds. The highest BCUT2D eigenvalue weighted by atomic mass is 35.5. The average molecular weight is 197 g/mol. The van der Waals surface area contributed by atoms with Gasteiger partial charge in [0.05, 0.1) is 5.71 Å². The van der Waals surface area contributed by atoms with Crippen LogP contribution >= 0.6 is 11.6 Å². The Kier molecular flexibility index (Phi) is 2.19. The van der Waals surface area contributed by atoms with E-state index in [2.05, 4.69) is 10.1 Å². The Morgan fingerprint density at radius 3 is 3.08 bits per heavy atom. The van der Waals surface area contributed by atoms with Gasteiger partial charge in [-0.1, -0.05) is 16.8 Å². The average Bonchev–Trinajstić information content (AvgIpc) is 2.17. The van der Waals surface area contributed by atoms with Crippen molar-refractivity contribution in [2.45, 2.75) is 19.3 Å². The van der Waals surface area contributed by atoms with Crippen LogP contribution in [-0.4, -0.2) is 15.9 Å². The third-order valence-electron chi connectivity index (χ3n) is 2.24. The predicted molar refractivity (Wildman–Crippen MR) is 50.5 cm³/mol. The number of hydrogen-bond donors (Lipinski definition) is 1. The largest absolute Gasteiger partial charge is 0.411 e. The van der Waals surface area contributed by atoms with Crippen molar-refractivity contribution in [1.82, 2.24) is 4.98 Å². The number of hydrogen-bond acceptors (Lipinski definition) is 3. The summed E-state index contributed by atoms with van der Waals surface area (Å²) < 4.78 is 0. The molecule has 0 unspecified atom stereocenters. The number of aryl methyl sites for hydroxylation is 1. The molecule has 13 heavy (non-hydrogen) atoms. The first-order valence-corrected chi connectivity index (χ1v) is 4.55. The summed E-state index contributed by atoms with van der Waals surface area (Å²) in [6, 6.07) is 1.76. The van der Waals surface area contributed by atoms with Crippen LogP contribution in [0.15, 0.2) is 17.4 Å². The zero-order valence-corrected chi connectivity index (χ0v) is 7.75. The number of aromatic nitrogens is 1. The first-order chi connectivity index (χ1) is 6.31. The van der Waals surface area contributed by atoms with E-state index in [9.17, 15) is 0 Å². The molecule has 0 saturated carbocycles. The van der Waals surface area contributed by atoms with Crippen molar-refractivity contribution in [3.63, 3.8) is 0 Å². The fourth-order valence-corrected chi connectivity index (χ4v) is 1.77. The van der Waals surface area contributed by atoms with Crippen LogP contribution in [0.3, 0.4) is 0 Å². The van der Waals surface area contributed by atoms with Gasteiger partial charge >= 0.3 is 0 Å². The van der Waals surface area contributed by atoms with E-state index in [0.29, 0.717) is 10.9 Å². The van der Waals surface area contributed by atoms with Gasteiger partial charge in [-0.25, -0.2) is 4.98 Å². The highest BCUT2D eigenvalue weighted by molar-refractivity contribution is 6.29. The smallest absolute Gasteiger partial charge is 0.129 e. The van der Waals surface area contributed by atoms with E-state index < -0.39 is 0 Å². The number of halogens is 1. The molecule has 1 aromatic rings. The minimum atomic E-state index is 0.446. The molecule has 0 radical (unpaired) electrons. The van der Waals surface area contributed by atoms with Gasteiger partial charge < -0.3 is 5.21 Å². The zero-order valence-electron chi connectivity index (χ0n) is 7.00. The minimum Gasteiger partial charge on any atom is -0.411 e. The van der Waals surface area contributed by atoms with Crippen LogP contribution < -0.4 is 0 Å². The third kappa shape index (κ3) is 1.52. The molecule has 68 valence electrons. The quantitative estimate of drug-likeness (QED) is 0.393. The Labute approximate surface area is 81.1 Å². The molecular weight excluding hydrogens is 188 g/mol. The third-order valence-corrected chi connectivity index (χ3v) is 2.45. The molecule has 0 fully saturated rings. The molecule has 0 aromatic carbocycles. The Balaban J connectivity index is 2.54. The highest BCUT2D eigenvalue weighted by Gasteiger charge is 2.16. The van der Waals surface area contributed by atoms with E-state index in [1.165, 1.54) is 0 Å². The van der Waals surface area contributed by atoms with E-state index in [1.807, 2.05) is 0 Å². The van der Waals surface area contributed by atoms with Crippen LogP contribution in [0.4, 0.5) is 0 Å². The van der Waals surface area contributed by atoms with Crippen molar-refractivity contribution < 1.29 is 5.21 Å². The maximum atomic E-state index is 8.75. The van der Waals surface area contributed by atoms with E-state index in [-0.39, 0.29) is 0 Å². The van der Waals surface area contributed by atoms with Gasteiger partial charge in [-0.15, -0.1) is 0 Å². The number of rotatable bonds is 0. The summed E-state index contributed by atoms with van der Waals surface area (Å²) in [5.41, 5.74) is 2.77. The van der Waals surface area contributed by atoms with Gasteiger partial charge in [0.25, 0.3) is 0 Å². The van der Waals surface area contributed by atoms with E-state index in [0.717, 1.165) is 30.4 Å². The first-order valence-electron chi connectivity index (χ1n) is 4.17. The topological polar surface area (TPSA) is 45.5 Å². The molecule has 3 nitrogen and oxygen atoms in total. The Bertz CT molecular complexity index is 363. The van der Waals surface area contributed by atoms with Crippen molar-refractivity contribution in [3.05, 3.63) is 28.5 Å².